The van der Waals surface area contributed by atoms with Crippen molar-refractivity contribution in [3.05, 3.63) is 30.0 Å². The van der Waals surface area contributed by atoms with E-state index in [9.17, 15) is 4.79 Å². The van der Waals surface area contributed by atoms with E-state index in [0.29, 0.717) is 6.10 Å². The Bertz CT molecular complexity index is 639. The molecule has 1 saturated carbocycles. The molecule has 2 N–H and O–H groups in total. The van der Waals surface area contributed by atoms with Crippen LogP contribution in [0.2, 0.25) is 0 Å². The number of aromatic amines is 1. The van der Waals surface area contributed by atoms with E-state index in [1.165, 1.54) is 0 Å². The molecule has 0 unspecified atom stereocenters. The average molecular weight is 286 g/mol. The minimum atomic E-state index is 0.111. The number of benzene rings is 1. The summed E-state index contributed by atoms with van der Waals surface area (Å²) in [6.45, 7) is 2.03. The van der Waals surface area contributed by atoms with E-state index in [1.54, 1.807) is 7.11 Å². The van der Waals surface area contributed by atoms with Crippen LogP contribution in [0, 0.1) is 12.8 Å². The van der Waals surface area contributed by atoms with Crippen molar-refractivity contribution in [1.82, 2.24) is 4.98 Å². The van der Waals surface area contributed by atoms with Gasteiger partial charge in [-0.3, -0.25) is 4.79 Å². The Balaban J connectivity index is 1.65. The third kappa shape index (κ3) is 3.10. The van der Waals surface area contributed by atoms with Crippen molar-refractivity contribution < 1.29 is 9.53 Å². The zero-order valence-electron chi connectivity index (χ0n) is 12.6. The van der Waals surface area contributed by atoms with Crippen LogP contribution in [0.4, 0.5) is 5.69 Å². The van der Waals surface area contributed by atoms with Gasteiger partial charge in [-0.15, -0.1) is 0 Å². The summed E-state index contributed by atoms with van der Waals surface area (Å²) in [7, 11) is 1.75. The quantitative estimate of drug-likeness (QED) is 0.905. The molecule has 1 aromatic carbocycles. The van der Waals surface area contributed by atoms with Crippen LogP contribution in [-0.2, 0) is 9.53 Å². The van der Waals surface area contributed by atoms with Gasteiger partial charge in [0, 0.05) is 35.3 Å². The van der Waals surface area contributed by atoms with Gasteiger partial charge in [0.25, 0.3) is 0 Å². The van der Waals surface area contributed by atoms with Crippen molar-refractivity contribution in [2.24, 2.45) is 5.92 Å². The van der Waals surface area contributed by atoms with Gasteiger partial charge in [0.05, 0.1) is 6.10 Å². The Morgan fingerprint density at radius 2 is 2.00 bits per heavy atom. The summed E-state index contributed by atoms with van der Waals surface area (Å²) >= 11 is 0. The van der Waals surface area contributed by atoms with Gasteiger partial charge in [-0.05, 0) is 56.9 Å². The molecule has 112 valence electrons. The standard InChI is InChI=1S/C17H22N2O2/c1-11-9-13-10-14(5-8-16(13)18-11)19-17(20)12-3-6-15(21-2)7-4-12/h5,8-10,12,15,18H,3-4,6-7H2,1-2H3,(H,19,20). The number of fused-ring (bicyclic) bond motifs is 1. The SMILES string of the molecule is COC1CCC(C(=O)Nc2ccc3[nH]c(C)cc3c2)CC1. The van der Waals surface area contributed by atoms with Gasteiger partial charge in [0.15, 0.2) is 0 Å². The molecule has 0 bridgehead atoms. The second kappa shape index (κ2) is 5.90. The van der Waals surface area contributed by atoms with Crippen molar-refractivity contribution in [1.29, 1.82) is 0 Å². The van der Waals surface area contributed by atoms with E-state index in [0.717, 1.165) is 48.0 Å². The number of amides is 1. The molecule has 0 atom stereocenters. The van der Waals surface area contributed by atoms with Crippen LogP contribution in [0.15, 0.2) is 24.3 Å². The Morgan fingerprint density at radius 3 is 2.71 bits per heavy atom. The van der Waals surface area contributed by atoms with Crippen molar-refractivity contribution in [3.63, 3.8) is 0 Å². The van der Waals surface area contributed by atoms with Crippen LogP contribution in [0.3, 0.4) is 0 Å². The number of methoxy groups -OCH3 is 1. The van der Waals surface area contributed by atoms with Crippen LogP contribution in [0.25, 0.3) is 10.9 Å². The summed E-state index contributed by atoms with van der Waals surface area (Å²) < 4.78 is 5.35. The monoisotopic (exact) mass is 286 g/mol. The summed E-state index contributed by atoms with van der Waals surface area (Å²) in [5.41, 5.74) is 3.11. The van der Waals surface area contributed by atoms with Gasteiger partial charge < -0.3 is 15.0 Å². The Labute approximate surface area is 124 Å². The molecule has 1 heterocycles. The number of aryl methyl sites for hydroxylation is 1. The number of rotatable bonds is 3. The highest BCUT2D eigenvalue weighted by Gasteiger charge is 2.26. The maximum atomic E-state index is 12.3. The van der Waals surface area contributed by atoms with Crippen LogP contribution >= 0.6 is 0 Å². The molecule has 4 heteroatoms. The van der Waals surface area contributed by atoms with Gasteiger partial charge in [-0.25, -0.2) is 0 Å². The smallest absolute Gasteiger partial charge is 0.227 e. The van der Waals surface area contributed by atoms with E-state index in [1.807, 2.05) is 25.1 Å². The summed E-state index contributed by atoms with van der Waals surface area (Å²) in [4.78, 5) is 15.6. The fourth-order valence-electron chi connectivity index (χ4n) is 3.16. The third-order valence-corrected chi connectivity index (χ3v) is 4.40. The van der Waals surface area contributed by atoms with Gasteiger partial charge >= 0.3 is 0 Å². The minimum Gasteiger partial charge on any atom is -0.381 e. The lowest BCUT2D eigenvalue weighted by atomic mass is 9.87. The van der Waals surface area contributed by atoms with Crippen LogP contribution in [-0.4, -0.2) is 24.1 Å². The number of carbonyl (C=O) groups excluding carboxylic acids is 1. The average Bonchev–Trinajstić information content (AvgIpc) is 2.86. The number of hydrogen-bond acceptors (Lipinski definition) is 2. The third-order valence-electron chi connectivity index (χ3n) is 4.40. The zero-order chi connectivity index (χ0) is 14.8. The molecular formula is C17H22N2O2. The zero-order valence-corrected chi connectivity index (χ0v) is 12.6. The number of anilines is 1. The number of carbonyl (C=O) groups is 1. The maximum absolute atomic E-state index is 12.3. The topological polar surface area (TPSA) is 54.1 Å². The van der Waals surface area contributed by atoms with Gasteiger partial charge in [0.2, 0.25) is 5.91 Å². The first-order valence-corrected chi connectivity index (χ1v) is 7.59. The number of H-pyrrole nitrogens is 1. The number of aromatic nitrogens is 1. The van der Waals surface area contributed by atoms with Crippen molar-refractivity contribution in [2.45, 2.75) is 38.7 Å². The molecule has 1 aromatic heterocycles. The summed E-state index contributed by atoms with van der Waals surface area (Å²) in [6, 6.07) is 8.09. The van der Waals surface area contributed by atoms with Crippen molar-refractivity contribution >= 4 is 22.5 Å². The largest absolute Gasteiger partial charge is 0.381 e. The Morgan fingerprint density at radius 1 is 1.24 bits per heavy atom. The molecule has 0 saturated heterocycles. The molecule has 0 aliphatic heterocycles. The maximum Gasteiger partial charge on any atom is 0.227 e. The van der Waals surface area contributed by atoms with Gasteiger partial charge in [-0.1, -0.05) is 0 Å². The summed E-state index contributed by atoms with van der Waals surface area (Å²) in [5, 5.41) is 4.19. The predicted octanol–water partition coefficient (Wildman–Crippen LogP) is 3.62. The minimum absolute atomic E-state index is 0.111. The van der Waals surface area contributed by atoms with E-state index in [4.69, 9.17) is 4.74 Å². The second-order valence-corrected chi connectivity index (χ2v) is 5.95. The fraction of sp³-hybridized carbons (Fsp3) is 0.471. The Hall–Kier alpha value is -1.81. The first-order chi connectivity index (χ1) is 10.2. The lowest BCUT2D eigenvalue weighted by Crippen LogP contribution is -2.29. The normalized spacial score (nSPS) is 22.4. The molecular weight excluding hydrogens is 264 g/mol. The Kier molecular flexibility index (Phi) is 3.97. The van der Waals surface area contributed by atoms with Crippen LogP contribution in [0.5, 0.6) is 0 Å². The van der Waals surface area contributed by atoms with E-state index in [2.05, 4.69) is 16.4 Å². The van der Waals surface area contributed by atoms with Crippen molar-refractivity contribution in [2.75, 3.05) is 12.4 Å². The molecule has 4 nitrogen and oxygen atoms in total. The van der Waals surface area contributed by atoms with E-state index >= 15 is 0 Å². The second-order valence-electron chi connectivity index (χ2n) is 5.95. The number of hydrogen-bond donors (Lipinski definition) is 2. The van der Waals surface area contributed by atoms with Crippen molar-refractivity contribution in [3.8, 4) is 0 Å². The molecule has 0 radical (unpaired) electrons. The summed E-state index contributed by atoms with van der Waals surface area (Å²) in [5.74, 6) is 0.246. The highest BCUT2D eigenvalue weighted by Crippen LogP contribution is 2.27. The van der Waals surface area contributed by atoms with Crippen LogP contribution < -0.4 is 5.32 Å². The van der Waals surface area contributed by atoms with E-state index in [-0.39, 0.29) is 11.8 Å². The molecule has 3 rings (SSSR count). The lowest BCUT2D eigenvalue weighted by molar-refractivity contribution is -0.121. The molecule has 0 spiro atoms. The van der Waals surface area contributed by atoms with E-state index < -0.39 is 0 Å². The molecule has 1 amide bonds. The molecule has 1 aliphatic rings. The highest BCUT2D eigenvalue weighted by molar-refractivity contribution is 5.95. The first-order valence-electron chi connectivity index (χ1n) is 7.59. The predicted molar refractivity (Wildman–Crippen MR) is 84.4 cm³/mol. The molecule has 21 heavy (non-hydrogen) atoms. The van der Waals surface area contributed by atoms with Crippen LogP contribution in [0.1, 0.15) is 31.4 Å². The highest BCUT2D eigenvalue weighted by atomic mass is 16.5. The lowest BCUT2D eigenvalue weighted by Gasteiger charge is -2.26. The molecule has 1 aliphatic carbocycles. The molecule has 2 aromatic rings. The molecule has 1 fully saturated rings. The number of ether oxygens (including phenoxy) is 1. The fourth-order valence-corrected chi connectivity index (χ4v) is 3.16. The van der Waals surface area contributed by atoms with Gasteiger partial charge in [-0.2, -0.15) is 0 Å². The summed E-state index contributed by atoms with van der Waals surface area (Å²) in [6.07, 6.45) is 4.11. The number of nitrogens with one attached hydrogen (secondary N) is 2. The van der Waals surface area contributed by atoms with Gasteiger partial charge in [0.1, 0.15) is 0 Å². The first kappa shape index (κ1) is 14.1.